The molecule has 0 aromatic heterocycles. The van der Waals surface area contributed by atoms with E-state index in [1.54, 1.807) is 4.90 Å². The lowest BCUT2D eigenvalue weighted by Crippen LogP contribution is -2.40. The number of carbonyl (C=O) groups is 1. The summed E-state index contributed by atoms with van der Waals surface area (Å²) in [6, 6.07) is 4.12. The van der Waals surface area contributed by atoms with E-state index in [1.807, 2.05) is 0 Å². The SMILES string of the molecule is CC1CCN(C(=O)COc2ccc(Cl)cc2[N+](=O)[O-])CC1. The van der Waals surface area contributed by atoms with Gasteiger partial charge in [-0.1, -0.05) is 18.5 Å². The minimum absolute atomic E-state index is 0.0585. The van der Waals surface area contributed by atoms with Crippen LogP contribution in [0.15, 0.2) is 18.2 Å². The van der Waals surface area contributed by atoms with E-state index in [0.717, 1.165) is 12.8 Å². The number of hydrogen-bond donors (Lipinski definition) is 0. The third-order valence-electron chi connectivity index (χ3n) is 3.61. The van der Waals surface area contributed by atoms with E-state index in [0.29, 0.717) is 19.0 Å². The average molecular weight is 313 g/mol. The van der Waals surface area contributed by atoms with Crippen LogP contribution in [0.1, 0.15) is 19.8 Å². The van der Waals surface area contributed by atoms with Crippen LogP contribution in [0.3, 0.4) is 0 Å². The summed E-state index contributed by atoms with van der Waals surface area (Å²) in [4.78, 5) is 24.1. The first-order valence-corrected chi connectivity index (χ1v) is 7.19. The number of likely N-dealkylation sites (tertiary alicyclic amines) is 1. The Morgan fingerprint density at radius 2 is 2.14 bits per heavy atom. The van der Waals surface area contributed by atoms with Gasteiger partial charge in [-0.05, 0) is 30.9 Å². The topological polar surface area (TPSA) is 72.7 Å². The Hall–Kier alpha value is -1.82. The zero-order valence-corrected chi connectivity index (χ0v) is 12.5. The molecule has 1 aliphatic rings. The molecule has 21 heavy (non-hydrogen) atoms. The Balaban J connectivity index is 1.96. The summed E-state index contributed by atoms with van der Waals surface area (Å²) in [5.74, 6) is 0.543. The Kier molecular flexibility index (Phi) is 5.01. The molecule has 1 heterocycles. The fourth-order valence-corrected chi connectivity index (χ4v) is 2.41. The molecule has 0 aliphatic carbocycles. The Bertz CT molecular complexity index is 542. The Morgan fingerprint density at radius 3 is 2.76 bits per heavy atom. The Labute approximate surface area is 127 Å². The van der Waals surface area contributed by atoms with Crippen molar-refractivity contribution in [1.82, 2.24) is 4.90 Å². The van der Waals surface area contributed by atoms with Gasteiger partial charge in [0, 0.05) is 24.2 Å². The number of nitrogens with zero attached hydrogens (tertiary/aromatic N) is 2. The molecule has 0 bridgehead atoms. The number of amides is 1. The van der Waals surface area contributed by atoms with Gasteiger partial charge in [0.05, 0.1) is 4.92 Å². The van der Waals surface area contributed by atoms with Crippen molar-refractivity contribution in [3.63, 3.8) is 0 Å². The number of piperidine rings is 1. The van der Waals surface area contributed by atoms with Crippen molar-refractivity contribution in [2.45, 2.75) is 19.8 Å². The van der Waals surface area contributed by atoms with Gasteiger partial charge in [-0.15, -0.1) is 0 Å². The van der Waals surface area contributed by atoms with Crippen LogP contribution in [0.25, 0.3) is 0 Å². The molecule has 1 aliphatic heterocycles. The van der Waals surface area contributed by atoms with Gasteiger partial charge in [0.2, 0.25) is 0 Å². The molecule has 1 aromatic carbocycles. The largest absolute Gasteiger partial charge is 0.477 e. The minimum atomic E-state index is -0.575. The van der Waals surface area contributed by atoms with Gasteiger partial charge in [-0.3, -0.25) is 14.9 Å². The van der Waals surface area contributed by atoms with E-state index in [1.165, 1.54) is 18.2 Å². The monoisotopic (exact) mass is 312 g/mol. The fourth-order valence-electron chi connectivity index (χ4n) is 2.24. The van der Waals surface area contributed by atoms with Crippen LogP contribution in [-0.4, -0.2) is 35.4 Å². The highest BCUT2D eigenvalue weighted by atomic mass is 35.5. The molecule has 6 nitrogen and oxygen atoms in total. The zero-order valence-electron chi connectivity index (χ0n) is 11.8. The third kappa shape index (κ3) is 4.07. The molecule has 2 rings (SSSR count). The molecule has 0 saturated carbocycles. The van der Waals surface area contributed by atoms with Gasteiger partial charge in [0.25, 0.3) is 5.91 Å². The summed E-state index contributed by atoms with van der Waals surface area (Å²) in [6.07, 6.45) is 1.96. The second-order valence-corrected chi connectivity index (χ2v) is 5.66. The average Bonchev–Trinajstić information content (AvgIpc) is 2.46. The maximum absolute atomic E-state index is 12.0. The molecular formula is C14H17ClN2O4. The highest BCUT2D eigenvalue weighted by Crippen LogP contribution is 2.30. The van der Waals surface area contributed by atoms with Crippen molar-refractivity contribution in [1.29, 1.82) is 0 Å². The van der Waals surface area contributed by atoms with Crippen LogP contribution in [0.2, 0.25) is 5.02 Å². The molecule has 0 unspecified atom stereocenters. The molecule has 0 spiro atoms. The summed E-state index contributed by atoms with van der Waals surface area (Å²) in [5.41, 5.74) is -0.234. The maximum atomic E-state index is 12.0. The summed E-state index contributed by atoms with van der Waals surface area (Å²) in [7, 11) is 0. The van der Waals surface area contributed by atoms with Gasteiger partial charge >= 0.3 is 5.69 Å². The van der Waals surface area contributed by atoms with E-state index >= 15 is 0 Å². The second-order valence-electron chi connectivity index (χ2n) is 5.22. The van der Waals surface area contributed by atoms with Crippen molar-refractivity contribution >= 4 is 23.2 Å². The molecule has 1 saturated heterocycles. The predicted octanol–water partition coefficient (Wildman–Crippen LogP) is 2.89. The normalized spacial score (nSPS) is 15.8. The van der Waals surface area contributed by atoms with Crippen LogP contribution in [0.5, 0.6) is 5.75 Å². The lowest BCUT2D eigenvalue weighted by molar-refractivity contribution is -0.385. The number of carbonyl (C=O) groups excluding carboxylic acids is 1. The van der Waals surface area contributed by atoms with Crippen molar-refractivity contribution < 1.29 is 14.5 Å². The van der Waals surface area contributed by atoms with Gasteiger partial charge in [-0.25, -0.2) is 0 Å². The van der Waals surface area contributed by atoms with Crippen LogP contribution in [0, 0.1) is 16.0 Å². The molecule has 0 N–H and O–H groups in total. The Morgan fingerprint density at radius 1 is 1.48 bits per heavy atom. The van der Waals surface area contributed by atoms with Gasteiger partial charge in [0.1, 0.15) is 0 Å². The number of ether oxygens (including phenoxy) is 1. The van der Waals surface area contributed by atoms with Gasteiger partial charge in [0.15, 0.2) is 12.4 Å². The van der Waals surface area contributed by atoms with Crippen molar-refractivity contribution in [2.24, 2.45) is 5.92 Å². The first-order chi connectivity index (χ1) is 9.97. The van der Waals surface area contributed by atoms with E-state index in [4.69, 9.17) is 16.3 Å². The van der Waals surface area contributed by atoms with Crippen molar-refractivity contribution in [3.05, 3.63) is 33.3 Å². The van der Waals surface area contributed by atoms with E-state index in [9.17, 15) is 14.9 Å². The number of benzene rings is 1. The van der Waals surface area contributed by atoms with Gasteiger partial charge < -0.3 is 9.64 Å². The van der Waals surface area contributed by atoms with Crippen molar-refractivity contribution in [2.75, 3.05) is 19.7 Å². The van der Waals surface area contributed by atoms with Crippen molar-refractivity contribution in [3.8, 4) is 5.75 Å². The number of nitro benzene ring substituents is 1. The molecule has 1 amide bonds. The van der Waals surface area contributed by atoms with Gasteiger partial charge in [-0.2, -0.15) is 0 Å². The highest BCUT2D eigenvalue weighted by molar-refractivity contribution is 6.30. The molecule has 0 atom stereocenters. The van der Waals surface area contributed by atoms with E-state index in [-0.39, 0.29) is 29.0 Å². The fraction of sp³-hybridized carbons (Fsp3) is 0.500. The lowest BCUT2D eigenvalue weighted by atomic mass is 9.99. The molecular weight excluding hydrogens is 296 g/mol. The summed E-state index contributed by atoms with van der Waals surface area (Å²) >= 11 is 5.72. The van der Waals surface area contributed by atoms with Crippen LogP contribution < -0.4 is 4.74 Å². The standard InChI is InChI=1S/C14H17ClN2O4/c1-10-4-6-16(7-5-10)14(18)9-21-13-3-2-11(15)8-12(13)17(19)20/h2-3,8,10H,4-7,9H2,1H3. The third-order valence-corrected chi connectivity index (χ3v) is 3.84. The molecule has 1 fully saturated rings. The summed E-state index contributed by atoms with van der Waals surface area (Å²) in [6.45, 7) is 3.39. The number of hydrogen-bond acceptors (Lipinski definition) is 4. The molecule has 0 radical (unpaired) electrons. The molecule has 114 valence electrons. The smallest absolute Gasteiger partial charge is 0.312 e. The van der Waals surface area contributed by atoms with E-state index in [2.05, 4.69) is 6.92 Å². The number of nitro groups is 1. The predicted molar refractivity (Wildman–Crippen MR) is 78.6 cm³/mol. The number of rotatable bonds is 4. The second kappa shape index (κ2) is 6.76. The number of halogens is 1. The highest BCUT2D eigenvalue weighted by Gasteiger charge is 2.22. The maximum Gasteiger partial charge on any atom is 0.312 e. The summed E-state index contributed by atoms with van der Waals surface area (Å²) < 4.78 is 5.30. The summed E-state index contributed by atoms with van der Waals surface area (Å²) in [5, 5.41) is 11.2. The lowest BCUT2D eigenvalue weighted by Gasteiger charge is -2.30. The van der Waals surface area contributed by atoms with Crippen LogP contribution in [-0.2, 0) is 4.79 Å². The molecule has 7 heteroatoms. The first-order valence-electron chi connectivity index (χ1n) is 6.82. The molecule has 1 aromatic rings. The minimum Gasteiger partial charge on any atom is -0.477 e. The van der Waals surface area contributed by atoms with Crippen LogP contribution >= 0.6 is 11.6 Å². The zero-order chi connectivity index (χ0) is 15.4. The first kappa shape index (κ1) is 15.6. The quantitative estimate of drug-likeness (QED) is 0.633. The van der Waals surface area contributed by atoms with E-state index < -0.39 is 4.92 Å². The van der Waals surface area contributed by atoms with Crippen LogP contribution in [0.4, 0.5) is 5.69 Å².